The van der Waals surface area contributed by atoms with Crippen LogP contribution in [0.15, 0.2) is 224 Å². The fourth-order valence-corrected chi connectivity index (χ4v) is 11.0. The molecule has 0 saturated carbocycles. The first kappa shape index (κ1) is 45.7. The van der Waals surface area contributed by atoms with Gasteiger partial charge >= 0.3 is 0 Å². The van der Waals surface area contributed by atoms with Crippen LogP contribution in [0.4, 0.5) is 17.3 Å². The quantitative estimate of drug-likeness (QED) is 0.121. The van der Waals surface area contributed by atoms with E-state index in [2.05, 4.69) is 253 Å². The zero-order chi connectivity index (χ0) is 49.3. The van der Waals surface area contributed by atoms with Crippen LogP contribution in [0.1, 0.15) is 56.0 Å². The highest BCUT2D eigenvalue weighted by molar-refractivity contribution is 6.01. The lowest BCUT2D eigenvalue weighted by Gasteiger charge is -2.30. The van der Waals surface area contributed by atoms with Crippen LogP contribution in [0.3, 0.4) is 0 Å². The molecule has 0 N–H and O–H groups in total. The van der Waals surface area contributed by atoms with Crippen LogP contribution in [-0.2, 0) is 0 Å². The third-order valence-corrected chi connectivity index (χ3v) is 14.0. The predicted molar refractivity (Wildman–Crippen MR) is 301 cm³/mol. The lowest BCUT2D eigenvalue weighted by molar-refractivity contribution is 0.927. The van der Waals surface area contributed by atoms with Gasteiger partial charge < -0.3 is 0 Å². The van der Waals surface area contributed by atoms with E-state index in [4.69, 9.17) is 15.0 Å². The molecule has 348 valence electrons. The monoisotopic (exact) mass is 928 g/mol. The molecule has 11 aromatic rings. The number of rotatable bonds is 11. The van der Waals surface area contributed by atoms with Crippen LogP contribution in [0.5, 0.6) is 0 Å². The average Bonchev–Trinajstić information content (AvgIpc) is 3.41. The summed E-state index contributed by atoms with van der Waals surface area (Å²) in [6.45, 7) is 13.5. The van der Waals surface area contributed by atoms with E-state index in [1.807, 2.05) is 18.2 Å². The lowest BCUT2D eigenvalue weighted by Crippen LogP contribution is -2.17. The highest BCUT2D eigenvalue weighted by Crippen LogP contribution is 2.47. The van der Waals surface area contributed by atoms with Crippen LogP contribution in [0, 0.1) is 41.5 Å². The molecule has 0 unspecified atom stereocenters. The van der Waals surface area contributed by atoms with Crippen LogP contribution in [0.25, 0.3) is 66.9 Å². The minimum atomic E-state index is -0.0239. The standard InChI is InChI=1S/C68H56N4/c1-44-36-46(3)63(47(4)37-44)65(64-48(5)38-45(2)39-49(64)6)61-34-35-62(60-33-20-19-32-59(60)61)72(58-31-21-30-54(43-58)50-22-11-7-12-23-50)68-70-66(53-28-17-10-18-29-53)69-67(71-68)57-41-55(51-24-13-8-14-25-51)40-56(42-57)52-26-15-9-16-27-52/h7-43,65H,1-6H3. The summed E-state index contributed by atoms with van der Waals surface area (Å²) in [6, 6.07) is 80.3. The largest absolute Gasteiger partial charge is 0.278 e. The predicted octanol–water partition coefficient (Wildman–Crippen LogP) is 17.9. The van der Waals surface area contributed by atoms with Crippen molar-refractivity contribution >= 4 is 28.1 Å². The van der Waals surface area contributed by atoms with Crippen LogP contribution in [0.2, 0.25) is 0 Å². The molecule has 0 bridgehead atoms. The Bertz CT molecular complexity index is 3590. The molecule has 0 amide bonds. The molecule has 0 saturated heterocycles. The van der Waals surface area contributed by atoms with Gasteiger partial charge in [0.2, 0.25) is 5.95 Å². The second-order valence-corrected chi connectivity index (χ2v) is 19.2. The van der Waals surface area contributed by atoms with E-state index in [1.165, 1.54) is 55.5 Å². The Morgan fingerprint density at radius 3 is 1.25 bits per heavy atom. The van der Waals surface area contributed by atoms with Crippen molar-refractivity contribution in [2.75, 3.05) is 4.90 Å². The number of aryl methyl sites for hydroxylation is 6. The number of aromatic nitrogens is 3. The fraction of sp³-hybridized carbons (Fsp3) is 0.103. The molecule has 0 radical (unpaired) electrons. The van der Waals surface area contributed by atoms with Crippen molar-refractivity contribution in [3.63, 3.8) is 0 Å². The normalized spacial score (nSPS) is 11.3. The number of benzene rings is 10. The molecule has 0 atom stereocenters. The summed E-state index contributed by atoms with van der Waals surface area (Å²) in [7, 11) is 0. The summed E-state index contributed by atoms with van der Waals surface area (Å²) in [5.41, 5.74) is 22.0. The molecule has 1 heterocycles. The van der Waals surface area contributed by atoms with E-state index in [0.717, 1.165) is 61.3 Å². The summed E-state index contributed by atoms with van der Waals surface area (Å²) >= 11 is 0. The first-order valence-corrected chi connectivity index (χ1v) is 24.9. The first-order chi connectivity index (χ1) is 35.2. The van der Waals surface area contributed by atoms with Crippen molar-refractivity contribution in [2.45, 2.75) is 47.5 Å². The Hall–Kier alpha value is -8.73. The molecule has 1 aromatic heterocycles. The Balaban J connectivity index is 1.19. The number of fused-ring (bicyclic) bond motifs is 1. The van der Waals surface area contributed by atoms with Gasteiger partial charge in [-0.15, -0.1) is 0 Å². The van der Waals surface area contributed by atoms with Gasteiger partial charge in [-0.3, -0.25) is 4.90 Å². The average molecular weight is 929 g/mol. The molecule has 0 aliphatic carbocycles. The van der Waals surface area contributed by atoms with Gasteiger partial charge in [-0.1, -0.05) is 199 Å². The van der Waals surface area contributed by atoms with E-state index in [1.54, 1.807) is 0 Å². The van der Waals surface area contributed by atoms with Crippen molar-refractivity contribution in [1.29, 1.82) is 0 Å². The first-order valence-electron chi connectivity index (χ1n) is 24.9. The summed E-state index contributed by atoms with van der Waals surface area (Å²) < 4.78 is 0. The highest BCUT2D eigenvalue weighted by Gasteiger charge is 2.29. The Morgan fingerprint density at radius 2 is 0.736 bits per heavy atom. The maximum Gasteiger partial charge on any atom is 0.238 e. The van der Waals surface area contributed by atoms with E-state index in [0.29, 0.717) is 17.6 Å². The Kier molecular flexibility index (Phi) is 12.4. The van der Waals surface area contributed by atoms with Gasteiger partial charge in [0.25, 0.3) is 0 Å². The summed E-state index contributed by atoms with van der Waals surface area (Å²) in [6.07, 6.45) is 0. The maximum atomic E-state index is 5.58. The minimum Gasteiger partial charge on any atom is -0.278 e. The minimum absolute atomic E-state index is 0.0239. The smallest absolute Gasteiger partial charge is 0.238 e. The van der Waals surface area contributed by atoms with Gasteiger partial charge in [0, 0.05) is 28.1 Å². The number of nitrogens with zero attached hydrogens (tertiary/aromatic N) is 4. The summed E-state index contributed by atoms with van der Waals surface area (Å²) in [5, 5.41) is 2.26. The molecule has 10 aromatic carbocycles. The fourth-order valence-electron chi connectivity index (χ4n) is 11.0. The van der Waals surface area contributed by atoms with Crippen molar-refractivity contribution in [3.05, 3.63) is 275 Å². The van der Waals surface area contributed by atoms with Crippen molar-refractivity contribution in [2.24, 2.45) is 0 Å². The van der Waals surface area contributed by atoms with Gasteiger partial charge in [-0.2, -0.15) is 9.97 Å². The maximum absolute atomic E-state index is 5.58. The van der Waals surface area contributed by atoms with Crippen molar-refractivity contribution < 1.29 is 0 Å². The SMILES string of the molecule is Cc1cc(C)c(C(c2c(C)cc(C)cc2C)c2ccc(N(c3cccc(-c4ccccc4)c3)c3nc(-c4ccccc4)nc(-c4cc(-c5ccccc5)cc(-c5ccccc5)c4)n3)c3ccccc23)c(C)c1. The van der Waals surface area contributed by atoms with Crippen molar-refractivity contribution in [3.8, 4) is 56.2 Å². The number of hydrogen-bond donors (Lipinski definition) is 0. The molecule has 11 rings (SSSR count). The molecule has 4 heteroatoms. The van der Waals surface area contributed by atoms with Crippen LogP contribution in [-0.4, -0.2) is 15.0 Å². The zero-order valence-electron chi connectivity index (χ0n) is 41.7. The molecule has 0 aliphatic heterocycles. The molecule has 0 fully saturated rings. The highest BCUT2D eigenvalue weighted by atomic mass is 15.3. The topological polar surface area (TPSA) is 41.9 Å². The van der Waals surface area contributed by atoms with E-state index < -0.39 is 0 Å². The van der Waals surface area contributed by atoms with Crippen molar-refractivity contribution in [1.82, 2.24) is 15.0 Å². The Labute approximate surface area is 424 Å². The van der Waals surface area contributed by atoms with E-state index >= 15 is 0 Å². The molecular weight excluding hydrogens is 873 g/mol. The van der Waals surface area contributed by atoms with Gasteiger partial charge in [0.15, 0.2) is 11.6 Å². The molecule has 0 spiro atoms. The molecular formula is C68H56N4. The van der Waals surface area contributed by atoms with Crippen LogP contribution >= 0.6 is 0 Å². The Morgan fingerprint density at radius 1 is 0.319 bits per heavy atom. The van der Waals surface area contributed by atoms with E-state index in [9.17, 15) is 0 Å². The lowest BCUT2D eigenvalue weighted by atomic mass is 9.75. The zero-order valence-corrected chi connectivity index (χ0v) is 41.7. The van der Waals surface area contributed by atoms with Gasteiger partial charge in [0.1, 0.15) is 0 Å². The third kappa shape index (κ3) is 9.00. The third-order valence-electron chi connectivity index (χ3n) is 14.0. The number of anilines is 3. The van der Waals surface area contributed by atoms with Gasteiger partial charge in [-0.05, 0) is 156 Å². The van der Waals surface area contributed by atoms with E-state index in [-0.39, 0.29) is 5.92 Å². The molecule has 0 aliphatic rings. The summed E-state index contributed by atoms with van der Waals surface area (Å²) in [4.78, 5) is 18.6. The van der Waals surface area contributed by atoms with Gasteiger partial charge in [0.05, 0.1) is 5.69 Å². The second-order valence-electron chi connectivity index (χ2n) is 19.2. The molecule has 4 nitrogen and oxygen atoms in total. The van der Waals surface area contributed by atoms with Gasteiger partial charge in [-0.25, -0.2) is 4.98 Å². The summed E-state index contributed by atoms with van der Waals surface area (Å²) in [5.74, 6) is 1.65. The number of hydrogen-bond acceptors (Lipinski definition) is 4. The second kappa shape index (κ2) is 19.6. The molecule has 72 heavy (non-hydrogen) atoms. The van der Waals surface area contributed by atoms with Crippen LogP contribution < -0.4 is 4.90 Å².